The van der Waals surface area contributed by atoms with Gasteiger partial charge in [0, 0.05) is 62.6 Å². The Labute approximate surface area is 511 Å². The van der Waals surface area contributed by atoms with Crippen LogP contribution in [0.2, 0.25) is 0 Å². The summed E-state index contributed by atoms with van der Waals surface area (Å²) in [7, 11) is 0. The van der Waals surface area contributed by atoms with Crippen molar-refractivity contribution in [3.8, 4) is 0 Å². The van der Waals surface area contributed by atoms with Crippen LogP contribution >= 0.6 is 0 Å². The van der Waals surface area contributed by atoms with Crippen molar-refractivity contribution in [1.82, 2.24) is 0 Å². The topological polar surface area (TPSA) is 0 Å². The maximum atomic E-state index is 3.79. The molecule has 13 aromatic carbocycles. The predicted molar refractivity (Wildman–Crippen MR) is 366 cm³/mol. The van der Waals surface area contributed by atoms with E-state index in [4.69, 9.17) is 0 Å². The van der Waals surface area contributed by atoms with E-state index in [1.54, 1.807) is 0 Å². The number of benzene rings is 13. The highest BCUT2D eigenvalue weighted by Crippen LogP contribution is 2.11. The number of hydrogen-bond donors (Lipinski definition) is 0. The molecule has 90 heavy (non-hydrogen) atoms. The SMILES string of the molecule is C1=C=C=c2ccc3ccccc3c2=C=C=c2c3c(c4c(c2=C=C=c2c(ccc5ccccc25)=C=1)=C=C=c1ccc2ccccc2c1=C=C=C=C=c1c(ccc2ccccc12)=C=C=4)=C=C=c1ccc2ccccc2c1=C=C=C=C=c1c(ccc2ccccc12)=C=C=3. The van der Waals surface area contributed by atoms with Gasteiger partial charge in [0.2, 0.25) is 0 Å². The van der Waals surface area contributed by atoms with Crippen LogP contribution in [0.25, 0.3) is 168 Å². The van der Waals surface area contributed by atoms with Gasteiger partial charge in [0.1, 0.15) is 0 Å². The second-order valence-corrected chi connectivity index (χ2v) is 21.5. The van der Waals surface area contributed by atoms with Crippen molar-refractivity contribution >= 4 is 168 Å². The van der Waals surface area contributed by atoms with E-state index in [1.807, 2.05) is 109 Å². The molecule has 0 bridgehead atoms. The van der Waals surface area contributed by atoms with Gasteiger partial charge in [-0.25, -0.2) is 0 Å². The molecule has 3 aliphatic carbocycles. The molecule has 3 aliphatic rings. The molecule has 0 nitrogen and oxygen atoms in total. The van der Waals surface area contributed by atoms with Gasteiger partial charge >= 0.3 is 0 Å². The lowest BCUT2D eigenvalue weighted by Crippen LogP contribution is -2.64. The summed E-state index contributed by atoms with van der Waals surface area (Å²) in [6.45, 7) is 0. The van der Waals surface area contributed by atoms with E-state index in [0.717, 1.165) is 95.9 Å². The lowest BCUT2D eigenvalue weighted by atomic mass is 10.0. The Morgan fingerprint density at radius 3 is 0.522 bits per heavy atom. The minimum Gasteiger partial charge on any atom is -0.0616 e. The molecule has 0 atom stereocenters. The molecule has 0 spiro atoms. The van der Waals surface area contributed by atoms with Crippen LogP contribution in [0.4, 0.5) is 0 Å². The molecule has 0 unspecified atom stereocenters. The first-order valence-corrected chi connectivity index (χ1v) is 29.2. The monoisotopic (exact) mass is 1120 g/mol. The van der Waals surface area contributed by atoms with Gasteiger partial charge in [-0.3, -0.25) is 0 Å². The quantitative estimate of drug-likeness (QED) is 0.195. The van der Waals surface area contributed by atoms with Gasteiger partial charge in [-0.1, -0.05) is 285 Å². The van der Waals surface area contributed by atoms with Crippen LogP contribution in [0, 0.1) is 0 Å². The summed E-state index contributed by atoms with van der Waals surface area (Å²) in [4.78, 5) is 0. The molecule has 0 heteroatoms. The van der Waals surface area contributed by atoms with Crippen molar-refractivity contribution in [2.45, 2.75) is 0 Å². The van der Waals surface area contributed by atoms with Gasteiger partial charge in [0.25, 0.3) is 0 Å². The van der Waals surface area contributed by atoms with E-state index in [0.29, 0.717) is 62.6 Å². The van der Waals surface area contributed by atoms with E-state index in [2.05, 4.69) is 247 Å². The molecule has 0 fully saturated rings. The number of fused-ring (bicyclic) bond motifs is 24. The molecule has 396 valence electrons. The van der Waals surface area contributed by atoms with Crippen molar-refractivity contribution in [2.75, 3.05) is 0 Å². The van der Waals surface area contributed by atoms with Crippen LogP contribution in [0.5, 0.6) is 0 Å². The van der Waals surface area contributed by atoms with Crippen molar-refractivity contribution in [3.63, 3.8) is 0 Å². The van der Waals surface area contributed by atoms with Crippen molar-refractivity contribution in [1.29, 1.82) is 0 Å². The Morgan fingerprint density at radius 1 is 0.122 bits per heavy atom. The average Bonchev–Trinajstić information content (AvgIpc) is 1.05. The fourth-order valence-electron chi connectivity index (χ4n) is 11.9. The summed E-state index contributed by atoms with van der Waals surface area (Å²) in [6.07, 6.45) is 0. The fraction of sp³-hybridized carbons (Fsp3) is 0. The van der Waals surface area contributed by atoms with Crippen LogP contribution in [-0.2, 0) is 0 Å². The van der Waals surface area contributed by atoms with Gasteiger partial charge in [-0.2, -0.15) is 0 Å². The van der Waals surface area contributed by atoms with E-state index in [9.17, 15) is 0 Å². The molecule has 16 rings (SSSR count). The van der Waals surface area contributed by atoms with Crippen LogP contribution in [0.15, 0.2) is 253 Å². The van der Waals surface area contributed by atoms with Crippen molar-refractivity contribution in [2.24, 2.45) is 0 Å². The first-order valence-electron chi connectivity index (χ1n) is 29.2. The minimum absolute atomic E-state index is 0.501. The Morgan fingerprint density at radius 2 is 0.289 bits per heavy atom. The Hall–Kier alpha value is -13.9. The molecule has 0 heterocycles. The molecule has 0 radical (unpaired) electrons. The summed E-state index contributed by atoms with van der Waals surface area (Å²) in [5, 5.41) is 23.4. The van der Waals surface area contributed by atoms with E-state index < -0.39 is 0 Å². The zero-order chi connectivity index (χ0) is 59.7. The van der Waals surface area contributed by atoms with Crippen LogP contribution in [0.3, 0.4) is 0 Å². The first kappa shape index (κ1) is 51.8. The van der Waals surface area contributed by atoms with E-state index in [1.165, 1.54) is 0 Å². The predicted octanol–water partition coefficient (Wildman–Crippen LogP) is 4.61. The van der Waals surface area contributed by atoms with Gasteiger partial charge in [-0.05, 0) is 135 Å². The Kier molecular flexibility index (Phi) is 12.8. The van der Waals surface area contributed by atoms with Crippen LogP contribution in [-0.4, -0.2) is 0 Å². The second kappa shape index (κ2) is 22.3. The normalized spacial score (nSPS) is 11.3. The standard InChI is InChI=1S/C90H36/c1-2-20-68-40-38-66-26-8-14-32-78(66)84(68)58-60-90-88-56-52-72-48-44-64-24-6-12-30-76(64)82(72)36-18-16-34-80-70(46-42-62-22-4-10-28-74(62)80)50-54-86(88)85-53-49-69-45-41-61-21-3-9-27-73(61)79(69)33-15-17-35-81-71(47-43-63-23-5-11-29-75(63)81)51-55-87(85)89(90)59-57-83-67(19-1)39-37-65-25-7-13-31-77(65)83/h3-14,21-32,37-48H. The summed E-state index contributed by atoms with van der Waals surface area (Å²) >= 11 is 0. The molecular weight excluding hydrogens is 1080 g/mol. The maximum Gasteiger partial charge on any atom is 0.0588 e. The number of rotatable bonds is 0. The largest absolute Gasteiger partial charge is 0.0616 e. The Balaban J connectivity index is 1.43. The molecule has 0 N–H and O–H groups in total. The maximum absolute atomic E-state index is 3.79. The van der Waals surface area contributed by atoms with Crippen LogP contribution in [0.1, 0.15) is 0 Å². The molecule has 0 aliphatic heterocycles. The molecule has 0 saturated heterocycles. The fourth-order valence-corrected chi connectivity index (χ4v) is 11.9. The third kappa shape index (κ3) is 9.42. The first-order chi connectivity index (χ1) is 44.6. The van der Waals surface area contributed by atoms with Crippen molar-refractivity contribution in [3.05, 3.63) is 347 Å². The summed E-state index contributed by atoms with van der Waals surface area (Å²) in [5.74, 6) is 0. The molecule has 0 aromatic heterocycles. The summed E-state index contributed by atoms with van der Waals surface area (Å²) < 4.78 is 0. The van der Waals surface area contributed by atoms with E-state index in [-0.39, 0.29) is 0 Å². The van der Waals surface area contributed by atoms with Gasteiger partial charge < -0.3 is 0 Å². The molecular formula is C90H36. The zero-order valence-corrected chi connectivity index (χ0v) is 47.8. The second-order valence-electron chi connectivity index (χ2n) is 21.5. The summed E-state index contributed by atoms with van der Waals surface area (Å²) in [5.41, 5.74) is 84.7. The van der Waals surface area contributed by atoms with Gasteiger partial charge in [0.15, 0.2) is 0 Å². The smallest absolute Gasteiger partial charge is 0.0588 e. The lowest BCUT2D eigenvalue weighted by molar-refractivity contribution is 1.32. The third-order valence-corrected chi connectivity index (χ3v) is 16.3. The highest BCUT2D eigenvalue weighted by atomic mass is 14.1. The van der Waals surface area contributed by atoms with Gasteiger partial charge in [-0.15, -0.1) is 0 Å². The van der Waals surface area contributed by atoms with Crippen LogP contribution < -0.4 is 93.9 Å². The third-order valence-electron chi connectivity index (χ3n) is 16.3. The highest BCUT2D eigenvalue weighted by Gasteiger charge is 2.05. The minimum atomic E-state index is 0.501. The molecule has 0 amide bonds. The van der Waals surface area contributed by atoms with Gasteiger partial charge in [0.05, 0.1) is 31.3 Å². The zero-order valence-electron chi connectivity index (χ0n) is 47.8. The van der Waals surface area contributed by atoms with E-state index >= 15 is 0 Å². The Bertz CT molecular complexity index is 7250. The molecule has 0 saturated carbocycles. The number of hydrogen-bond acceptors (Lipinski definition) is 0. The molecule has 13 aromatic rings. The van der Waals surface area contributed by atoms with Crippen molar-refractivity contribution < 1.29 is 0 Å². The highest BCUT2D eigenvalue weighted by molar-refractivity contribution is 5.88. The summed E-state index contributed by atoms with van der Waals surface area (Å²) in [6, 6.07) is 73.9. The lowest BCUT2D eigenvalue weighted by Gasteiger charge is -1.97. The average molecular weight is 1120 g/mol.